The van der Waals surface area contributed by atoms with Gasteiger partial charge < -0.3 is 10.6 Å². The third kappa shape index (κ3) is 3.11. The van der Waals surface area contributed by atoms with Crippen LogP contribution in [0.4, 0.5) is 5.00 Å². The molecule has 0 bridgehead atoms. The lowest BCUT2D eigenvalue weighted by molar-refractivity contribution is 0.0941. The van der Waals surface area contributed by atoms with E-state index in [2.05, 4.69) is 42.7 Å². The Kier molecular flexibility index (Phi) is 4.38. The van der Waals surface area contributed by atoms with Gasteiger partial charge in [0.25, 0.3) is 5.91 Å². The molecular formula is C21H24N2OS. The maximum Gasteiger partial charge on any atom is 0.256 e. The Morgan fingerprint density at radius 3 is 2.84 bits per heavy atom. The largest absolute Gasteiger partial charge is 0.353 e. The molecule has 2 aliphatic rings. The summed E-state index contributed by atoms with van der Waals surface area (Å²) in [6, 6.07) is 10.2. The van der Waals surface area contributed by atoms with Gasteiger partial charge in [-0.25, -0.2) is 0 Å². The van der Waals surface area contributed by atoms with Crippen LogP contribution in [-0.4, -0.2) is 12.1 Å². The molecule has 2 heterocycles. The normalized spacial score (nSPS) is 22.6. The zero-order valence-corrected chi connectivity index (χ0v) is 15.6. The quantitative estimate of drug-likeness (QED) is 0.829. The van der Waals surface area contributed by atoms with Crippen molar-refractivity contribution in [3.63, 3.8) is 0 Å². The standard InChI is InChI=1S/C21H24N2OS/c1-3-14-9-10-16-17(12-14)25-21-18(16)20(24)22-19(23-21)13(2)11-15-7-5-4-6-8-15/h4-8,11,14,19,23H,3,9-10,12H2,1-2H3,(H,22,24)/b13-11+/t14-,19-/m1/s1. The average Bonchev–Trinajstić information content (AvgIpc) is 3.00. The van der Waals surface area contributed by atoms with Crippen LogP contribution >= 0.6 is 11.3 Å². The molecular weight excluding hydrogens is 328 g/mol. The lowest BCUT2D eigenvalue weighted by Gasteiger charge is -2.27. The predicted molar refractivity (Wildman–Crippen MR) is 105 cm³/mol. The summed E-state index contributed by atoms with van der Waals surface area (Å²) in [6.07, 6.45) is 6.59. The number of thiophene rings is 1. The number of carbonyl (C=O) groups is 1. The van der Waals surface area contributed by atoms with Crippen LogP contribution in [0.3, 0.4) is 0 Å². The lowest BCUT2D eigenvalue weighted by atomic mass is 9.85. The number of benzene rings is 1. The summed E-state index contributed by atoms with van der Waals surface area (Å²) in [7, 11) is 0. The van der Waals surface area contributed by atoms with Crippen molar-refractivity contribution in [2.24, 2.45) is 5.92 Å². The van der Waals surface area contributed by atoms with Gasteiger partial charge in [0.15, 0.2) is 0 Å². The van der Waals surface area contributed by atoms with Gasteiger partial charge in [0, 0.05) is 4.88 Å². The van der Waals surface area contributed by atoms with Crippen LogP contribution in [0, 0.1) is 5.92 Å². The molecule has 130 valence electrons. The summed E-state index contributed by atoms with van der Waals surface area (Å²) < 4.78 is 0. The van der Waals surface area contributed by atoms with Gasteiger partial charge in [-0.05, 0) is 48.8 Å². The van der Waals surface area contributed by atoms with Crippen molar-refractivity contribution in [3.05, 3.63) is 57.5 Å². The van der Waals surface area contributed by atoms with Crippen molar-refractivity contribution < 1.29 is 4.79 Å². The Morgan fingerprint density at radius 1 is 1.28 bits per heavy atom. The zero-order chi connectivity index (χ0) is 17.4. The first-order chi connectivity index (χ1) is 12.2. The van der Waals surface area contributed by atoms with E-state index in [-0.39, 0.29) is 12.1 Å². The fourth-order valence-corrected chi connectivity index (χ4v) is 5.23. The van der Waals surface area contributed by atoms with Crippen LogP contribution in [0.5, 0.6) is 0 Å². The second-order valence-electron chi connectivity index (χ2n) is 7.07. The third-order valence-corrected chi connectivity index (χ3v) is 6.56. The highest BCUT2D eigenvalue weighted by Crippen LogP contribution is 2.42. The topological polar surface area (TPSA) is 41.1 Å². The van der Waals surface area contributed by atoms with Crippen molar-refractivity contribution in [1.29, 1.82) is 0 Å². The molecule has 0 fully saturated rings. The minimum atomic E-state index is -0.137. The highest BCUT2D eigenvalue weighted by Gasteiger charge is 2.33. The van der Waals surface area contributed by atoms with E-state index in [9.17, 15) is 4.79 Å². The number of nitrogens with one attached hydrogen (secondary N) is 2. The van der Waals surface area contributed by atoms with Crippen LogP contribution in [-0.2, 0) is 12.8 Å². The van der Waals surface area contributed by atoms with Crippen LogP contribution < -0.4 is 10.6 Å². The summed E-state index contributed by atoms with van der Waals surface area (Å²) in [4.78, 5) is 14.2. The number of amides is 1. The number of rotatable bonds is 3. The van der Waals surface area contributed by atoms with Gasteiger partial charge >= 0.3 is 0 Å². The third-order valence-electron chi connectivity index (χ3n) is 5.37. The molecule has 0 spiro atoms. The lowest BCUT2D eigenvalue weighted by Crippen LogP contribution is -2.45. The molecule has 4 rings (SSSR count). The number of carbonyl (C=O) groups excluding carboxylic acids is 1. The van der Waals surface area contributed by atoms with Crippen LogP contribution in [0.15, 0.2) is 35.9 Å². The molecule has 3 nitrogen and oxygen atoms in total. The Balaban J connectivity index is 1.61. The number of fused-ring (bicyclic) bond motifs is 3. The van der Waals surface area contributed by atoms with E-state index < -0.39 is 0 Å². The van der Waals surface area contributed by atoms with Gasteiger partial charge in [-0.2, -0.15) is 0 Å². The smallest absolute Gasteiger partial charge is 0.256 e. The Morgan fingerprint density at radius 2 is 2.08 bits per heavy atom. The monoisotopic (exact) mass is 352 g/mol. The zero-order valence-electron chi connectivity index (χ0n) is 14.8. The number of hydrogen-bond donors (Lipinski definition) is 2. The van der Waals surface area contributed by atoms with E-state index in [0.29, 0.717) is 0 Å². The first-order valence-corrected chi connectivity index (χ1v) is 9.92. The van der Waals surface area contributed by atoms with E-state index in [1.807, 2.05) is 18.2 Å². The van der Waals surface area contributed by atoms with Crippen LogP contribution in [0.25, 0.3) is 6.08 Å². The maximum absolute atomic E-state index is 12.8. The fraction of sp³-hybridized carbons (Fsp3) is 0.381. The number of anilines is 1. The average molecular weight is 353 g/mol. The van der Waals surface area contributed by atoms with E-state index in [0.717, 1.165) is 40.5 Å². The Bertz CT molecular complexity index is 822. The summed E-state index contributed by atoms with van der Waals surface area (Å²) in [5, 5.41) is 7.75. The molecule has 1 aromatic heterocycles. The summed E-state index contributed by atoms with van der Waals surface area (Å²) in [6.45, 7) is 4.33. The highest BCUT2D eigenvalue weighted by atomic mass is 32.1. The molecule has 25 heavy (non-hydrogen) atoms. The molecule has 2 N–H and O–H groups in total. The molecule has 0 saturated heterocycles. The van der Waals surface area contributed by atoms with Gasteiger partial charge in [0.2, 0.25) is 0 Å². The SMILES string of the molecule is CC[C@@H]1CCc2c(sc3c2C(=O)N[C@@H](/C(C)=C/c2ccccc2)N3)C1. The first-order valence-electron chi connectivity index (χ1n) is 9.11. The van der Waals surface area contributed by atoms with Gasteiger partial charge in [-0.1, -0.05) is 49.8 Å². The van der Waals surface area contributed by atoms with E-state index in [1.54, 1.807) is 11.3 Å². The molecule has 2 atom stereocenters. The van der Waals surface area contributed by atoms with E-state index in [1.165, 1.54) is 23.3 Å². The molecule has 0 radical (unpaired) electrons. The molecule has 4 heteroatoms. The summed E-state index contributed by atoms with van der Waals surface area (Å²) in [5.74, 6) is 0.846. The van der Waals surface area contributed by atoms with Crippen molar-refractivity contribution in [2.45, 2.75) is 45.7 Å². The Labute approximate surface area is 153 Å². The van der Waals surface area contributed by atoms with E-state index >= 15 is 0 Å². The van der Waals surface area contributed by atoms with Gasteiger partial charge in [0.05, 0.1) is 5.56 Å². The first kappa shape index (κ1) is 16.4. The Hall–Kier alpha value is -2.07. The van der Waals surface area contributed by atoms with Crippen LogP contribution in [0.2, 0.25) is 0 Å². The number of hydrogen-bond acceptors (Lipinski definition) is 3. The summed E-state index contributed by atoms with van der Waals surface area (Å²) in [5.41, 5.74) is 4.46. The molecule has 1 aromatic carbocycles. The fourth-order valence-electron chi connectivity index (χ4n) is 3.84. The van der Waals surface area contributed by atoms with Gasteiger partial charge in [0.1, 0.15) is 11.2 Å². The molecule has 0 unspecified atom stereocenters. The molecule has 0 saturated carbocycles. The van der Waals surface area contributed by atoms with Crippen molar-refractivity contribution in [2.75, 3.05) is 5.32 Å². The molecule has 1 aliphatic heterocycles. The molecule has 1 amide bonds. The van der Waals surface area contributed by atoms with Crippen molar-refractivity contribution in [1.82, 2.24) is 5.32 Å². The second-order valence-corrected chi connectivity index (χ2v) is 8.18. The minimum absolute atomic E-state index is 0.0759. The van der Waals surface area contributed by atoms with Gasteiger partial charge in [-0.3, -0.25) is 4.79 Å². The van der Waals surface area contributed by atoms with Gasteiger partial charge in [-0.15, -0.1) is 11.3 Å². The molecule has 2 aromatic rings. The van der Waals surface area contributed by atoms with Crippen LogP contribution in [0.1, 0.15) is 53.1 Å². The maximum atomic E-state index is 12.8. The minimum Gasteiger partial charge on any atom is -0.353 e. The van der Waals surface area contributed by atoms with E-state index in [4.69, 9.17) is 0 Å². The highest BCUT2D eigenvalue weighted by molar-refractivity contribution is 7.16. The second kappa shape index (κ2) is 6.68. The molecule has 1 aliphatic carbocycles. The van der Waals surface area contributed by atoms with Crippen molar-refractivity contribution >= 4 is 28.3 Å². The summed E-state index contributed by atoms with van der Waals surface area (Å²) >= 11 is 1.79. The van der Waals surface area contributed by atoms with Crippen molar-refractivity contribution in [3.8, 4) is 0 Å². The predicted octanol–water partition coefficient (Wildman–Crippen LogP) is 4.85.